The summed E-state index contributed by atoms with van der Waals surface area (Å²) in [5.74, 6) is -0.0480. The molecule has 3 nitrogen and oxygen atoms in total. The van der Waals surface area contributed by atoms with E-state index in [2.05, 4.69) is 54.2 Å². The van der Waals surface area contributed by atoms with E-state index in [4.69, 9.17) is 0 Å². The number of fused-ring (bicyclic) bond motifs is 1. The number of hydrogen-bond donors (Lipinski definition) is 2. The summed E-state index contributed by atoms with van der Waals surface area (Å²) in [6.45, 7) is 6.25. The lowest BCUT2D eigenvalue weighted by atomic mass is 9.92. The largest absolute Gasteiger partial charge is 0.287 e. The first-order valence-electron chi connectivity index (χ1n) is 8.82. The molecule has 0 aromatic heterocycles. The predicted molar refractivity (Wildman–Crippen MR) is 101 cm³/mol. The monoisotopic (exact) mass is 322 g/mol. The summed E-state index contributed by atoms with van der Waals surface area (Å²) in [5.41, 5.74) is 8.63. The molecule has 1 saturated heterocycles. The molecule has 1 aliphatic heterocycles. The number of rotatable bonds is 5. The average molecular weight is 322 g/mol. The first-order valence-corrected chi connectivity index (χ1v) is 8.82. The fraction of sp³-hybridized carbons (Fsp3) is 0.381. The maximum Gasteiger partial charge on any atom is 0.263 e. The van der Waals surface area contributed by atoms with Gasteiger partial charge in [-0.25, -0.2) is 5.43 Å². The Morgan fingerprint density at radius 2 is 1.96 bits per heavy atom. The van der Waals surface area contributed by atoms with Crippen LogP contribution in [0.3, 0.4) is 0 Å². The summed E-state index contributed by atoms with van der Waals surface area (Å²) in [7, 11) is 0. The van der Waals surface area contributed by atoms with Crippen LogP contribution in [0.25, 0.3) is 16.8 Å². The fourth-order valence-electron chi connectivity index (χ4n) is 3.25. The molecule has 0 radical (unpaired) electrons. The maximum absolute atomic E-state index is 12.1. The van der Waals surface area contributed by atoms with Gasteiger partial charge in [-0.05, 0) is 54.7 Å². The van der Waals surface area contributed by atoms with E-state index in [9.17, 15) is 4.79 Å². The maximum atomic E-state index is 12.1. The number of carbonyl (C=O) groups is 1. The third-order valence-corrected chi connectivity index (χ3v) is 4.75. The number of benzene rings is 2. The minimum Gasteiger partial charge on any atom is -0.287 e. The van der Waals surface area contributed by atoms with Gasteiger partial charge < -0.3 is 0 Å². The van der Waals surface area contributed by atoms with Crippen LogP contribution < -0.4 is 10.9 Å². The highest BCUT2D eigenvalue weighted by molar-refractivity contribution is 6.04. The van der Waals surface area contributed by atoms with Gasteiger partial charge in [0.2, 0.25) is 0 Å². The third kappa shape index (κ3) is 3.36. The van der Waals surface area contributed by atoms with Crippen molar-refractivity contribution < 1.29 is 4.79 Å². The van der Waals surface area contributed by atoms with E-state index in [0.29, 0.717) is 0 Å². The van der Waals surface area contributed by atoms with Crippen molar-refractivity contribution in [1.82, 2.24) is 10.9 Å². The van der Waals surface area contributed by atoms with E-state index in [-0.39, 0.29) is 11.4 Å². The summed E-state index contributed by atoms with van der Waals surface area (Å²) in [6, 6.07) is 13.0. The van der Waals surface area contributed by atoms with Gasteiger partial charge in [-0.2, -0.15) is 0 Å². The number of hydrazine groups is 1. The molecule has 0 bridgehead atoms. The van der Waals surface area contributed by atoms with Crippen molar-refractivity contribution in [3.8, 4) is 0 Å². The lowest BCUT2D eigenvalue weighted by Crippen LogP contribution is -2.38. The molecule has 24 heavy (non-hydrogen) atoms. The van der Waals surface area contributed by atoms with Crippen LogP contribution >= 0.6 is 0 Å². The van der Waals surface area contributed by atoms with Crippen molar-refractivity contribution in [3.63, 3.8) is 0 Å². The van der Waals surface area contributed by atoms with Crippen LogP contribution in [-0.2, 0) is 11.2 Å². The number of carbonyl (C=O) groups excluding carboxylic acids is 1. The van der Waals surface area contributed by atoms with Gasteiger partial charge in [0.25, 0.3) is 5.91 Å². The Hall–Kier alpha value is -2.13. The van der Waals surface area contributed by atoms with Crippen LogP contribution in [0.2, 0.25) is 0 Å². The molecule has 0 aliphatic carbocycles. The van der Waals surface area contributed by atoms with Crippen molar-refractivity contribution >= 4 is 22.8 Å². The van der Waals surface area contributed by atoms with Crippen LogP contribution in [0.15, 0.2) is 42.0 Å². The Morgan fingerprint density at radius 3 is 2.67 bits per heavy atom. The molecule has 0 atom stereocenters. The Labute approximate surface area is 144 Å². The predicted octanol–water partition coefficient (Wildman–Crippen LogP) is 4.37. The van der Waals surface area contributed by atoms with Gasteiger partial charge in [0.1, 0.15) is 0 Å². The minimum absolute atomic E-state index is 0.0480. The zero-order chi connectivity index (χ0) is 17.2. The van der Waals surface area contributed by atoms with Gasteiger partial charge in [0.15, 0.2) is 0 Å². The van der Waals surface area contributed by atoms with E-state index in [1.165, 1.54) is 35.6 Å². The SMILES string of the molecule is CCCCCc1ccc2c(/C=C3\C(=O)NNC3(C)C)cccc2c1. The molecule has 2 aromatic carbocycles. The molecule has 3 heteroatoms. The van der Waals surface area contributed by atoms with Gasteiger partial charge in [-0.1, -0.05) is 56.2 Å². The lowest BCUT2D eigenvalue weighted by Gasteiger charge is -2.17. The van der Waals surface area contributed by atoms with Gasteiger partial charge in [-0.3, -0.25) is 10.2 Å². The normalized spacial score (nSPS) is 18.3. The molecule has 126 valence electrons. The number of hydrogen-bond acceptors (Lipinski definition) is 2. The second kappa shape index (κ2) is 6.78. The fourth-order valence-corrected chi connectivity index (χ4v) is 3.25. The van der Waals surface area contributed by atoms with E-state index in [1.807, 2.05) is 19.9 Å². The molecule has 2 N–H and O–H groups in total. The summed E-state index contributed by atoms with van der Waals surface area (Å²) in [4.78, 5) is 12.1. The number of nitrogens with one attached hydrogen (secondary N) is 2. The van der Waals surface area contributed by atoms with Crippen molar-refractivity contribution in [2.45, 2.75) is 52.0 Å². The van der Waals surface area contributed by atoms with Gasteiger partial charge in [0.05, 0.1) is 5.54 Å². The van der Waals surface area contributed by atoms with E-state index >= 15 is 0 Å². The van der Waals surface area contributed by atoms with Crippen molar-refractivity contribution in [2.24, 2.45) is 0 Å². The molecule has 0 spiro atoms. The quantitative estimate of drug-likeness (QED) is 0.634. The summed E-state index contributed by atoms with van der Waals surface area (Å²) < 4.78 is 0. The highest BCUT2D eigenvalue weighted by Crippen LogP contribution is 2.27. The Morgan fingerprint density at radius 1 is 1.12 bits per heavy atom. The smallest absolute Gasteiger partial charge is 0.263 e. The standard InChI is InChI=1S/C21H26N2O/c1-4-5-6-8-15-11-12-18-16(13-15)9-7-10-17(18)14-19-20(24)22-23-21(19,2)3/h7,9-14,23H,4-6,8H2,1-3H3,(H,22,24)/b19-14+. The average Bonchev–Trinajstić information content (AvgIpc) is 2.82. The Bertz CT molecular complexity index is 790. The molecule has 1 aliphatic rings. The van der Waals surface area contributed by atoms with E-state index < -0.39 is 0 Å². The van der Waals surface area contributed by atoms with E-state index in [1.54, 1.807) is 0 Å². The van der Waals surface area contributed by atoms with Crippen LogP contribution in [0.5, 0.6) is 0 Å². The number of aryl methyl sites for hydroxylation is 1. The molecule has 1 amide bonds. The summed E-state index contributed by atoms with van der Waals surface area (Å²) in [5, 5.41) is 2.43. The zero-order valence-corrected chi connectivity index (χ0v) is 14.8. The van der Waals surface area contributed by atoms with Gasteiger partial charge in [-0.15, -0.1) is 0 Å². The van der Waals surface area contributed by atoms with Gasteiger partial charge >= 0.3 is 0 Å². The van der Waals surface area contributed by atoms with Crippen molar-refractivity contribution in [1.29, 1.82) is 0 Å². The molecule has 0 unspecified atom stereocenters. The first kappa shape index (κ1) is 16.7. The Kier molecular flexibility index (Phi) is 4.72. The van der Waals surface area contributed by atoms with Crippen molar-refractivity contribution in [3.05, 3.63) is 53.1 Å². The van der Waals surface area contributed by atoms with Gasteiger partial charge in [0, 0.05) is 5.57 Å². The molecule has 0 saturated carbocycles. The van der Waals surface area contributed by atoms with Crippen LogP contribution in [-0.4, -0.2) is 11.4 Å². The second-order valence-corrected chi connectivity index (χ2v) is 7.12. The minimum atomic E-state index is -0.362. The molecular weight excluding hydrogens is 296 g/mol. The van der Waals surface area contributed by atoms with Crippen LogP contribution in [0.4, 0.5) is 0 Å². The highest BCUT2D eigenvalue weighted by Gasteiger charge is 2.34. The van der Waals surface area contributed by atoms with E-state index in [0.717, 1.165) is 17.6 Å². The zero-order valence-electron chi connectivity index (χ0n) is 14.8. The number of unbranched alkanes of at least 4 members (excludes halogenated alkanes) is 2. The van der Waals surface area contributed by atoms with Crippen molar-refractivity contribution in [2.75, 3.05) is 0 Å². The third-order valence-electron chi connectivity index (χ3n) is 4.75. The lowest BCUT2D eigenvalue weighted by molar-refractivity contribution is -0.116. The Balaban J connectivity index is 1.96. The summed E-state index contributed by atoms with van der Waals surface area (Å²) in [6.07, 6.45) is 6.91. The molecule has 1 fully saturated rings. The van der Waals surface area contributed by atoms with Crippen LogP contribution in [0, 0.1) is 0 Å². The second-order valence-electron chi connectivity index (χ2n) is 7.12. The first-order chi connectivity index (χ1) is 11.5. The summed E-state index contributed by atoms with van der Waals surface area (Å²) >= 11 is 0. The topological polar surface area (TPSA) is 41.1 Å². The molecule has 3 rings (SSSR count). The molecular formula is C21H26N2O. The van der Waals surface area contributed by atoms with Crippen LogP contribution in [0.1, 0.15) is 51.2 Å². The highest BCUT2D eigenvalue weighted by atomic mass is 16.2. The molecule has 1 heterocycles. The molecule has 2 aromatic rings. The number of amides is 1.